The summed E-state index contributed by atoms with van der Waals surface area (Å²) in [5, 5.41) is 13.3. The lowest BCUT2D eigenvalue weighted by Gasteiger charge is -2.40. The molecule has 0 aliphatic heterocycles. The fourth-order valence-corrected chi connectivity index (χ4v) is 2.96. The molecule has 1 aliphatic carbocycles. The maximum atomic E-state index is 9.81. The van der Waals surface area contributed by atoms with Gasteiger partial charge in [0.2, 0.25) is 0 Å². The SMILES string of the molecule is CCOc1cccnc1NC1(CO)CCCC(C)C1. The zero-order valence-electron chi connectivity index (χ0n) is 11.9. The van der Waals surface area contributed by atoms with Crippen molar-refractivity contribution in [1.29, 1.82) is 0 Å². The molecule has 1 aliphatic rings. The van der Waals surface area contributed by atoms with Crippen molar-refractivity contribution in [2.24, 2.45) is 5.92 Å². The lowest BCUT2D eigenvalue weighted by Crippen LogP contribution is -2.46. The smallest absolute Gasteiger partial charge is 0.169 e. The molecule has 19 heavy (non-hydrogen) atoms. The lowest BCUT2D eigenvalue weighted by molar-refractivity contribution is 0.149. The van der Waals surface area contributed by atoms with Gasteiger partial charge in [-0.1, -0.05) is 19.8 Å². The number of nitrogens with zero attached hydrogens (tertiary/aromatic N) is 1. The molecule has 2 unspecified atom stereocenters. The average Bonchev–Trinajstić information content (AvgIpc) is 2.41. The van der Waals surface area contributed by atoms with Gasteiger partial charge < -0.3 is 15.2 Å². The number of aliphatic hydroxyl groups is 1. The van der Waals surface area contributed by atoms with Gasteiger partial charge in [0, 0.05) is 6.20 Å². The molecule has 0 spiro atoms. The van der Waals surface area contributed by atoms with Crippen molar-refractivity contribution in [3.05, 3.63) is 18.3 Å². The van der Waals surface area contributed by atoms with Crippen LogP contribution in [0.1, 0.15) is 39.5 Å². The number of aromatic nitrogens is 1. The van der Waals surface area contributed by atoms with Crippen molar-refractivity contribution in [1.82, 2.24) is 4.98 Å². The summed E-state index contributed by atoms with van der Waals surface area (Å²) in [5.74, 6) is 2.14. The van der Waals surface area contributed by atoms with Crippen LogP contribution in [0, 0.1) is 5.92 Å². The van der Waals surface area contributed by atoms with Crippen LogP contribution in [0.2, 0.25) is 0 Å². The second-order valence-electron chi connectivity index (χ2n) is 5.55. The minimum atomic E-state index is -0.252. The first kappa shape index (κ1) is 14.1. The number of hydrogen-bond acceptors (Lipinski definition) is 4. The Morgan fingerprint density at radius 1 is 1.58 bits per heavy atom. The Morgan fingerprint density at radius 3 is 3.11 bits per heavy atom. The average molecular weight is 264 g/mol. The summed E-state index contributed by atoms with van der Waals surface area (Å²) in [6, 6.07) is 3.78. The fourth-order valence-electron chi connectivity index (χ4n) is 2.96. The monoisotopic (exact) mass is 264 g/mol. The standard InChI is InChI=1S/C15H24N2O2/c1-3-19-13-7-5-9-16-14(13)17-15(11-18)8-4-6-12(2)10-15/h5,7,9,12,18H,3-4,6,8,10-11H2,1-2H3,(H,16,17). The number of rotatable bonds is 5. The molecule has 1 aromatic rings. The van der Waals surface area contributed by atoms with Gasteiger partial charge >= 0.3 is 0 Å². The second kappa shape index (κ2) is 6.24. The van der Waals surface area contributed by atoms with Gasteiger partial charge in [-0.05, 0) is 37.8 Å². The van der Waals surface area contributed by atoms with Gasteiger partial charge in [-0.15, -0.1) is 0 Å². The van der Waals surface area contributed by atoms with E-state index in [9.17, 15) is 5.11 Å². The van der Waals surface area contributed by atoms with Crippen LogP contribution in [-0.2, 0) is 0 Å². The Hall–Kier alpha value is -1.29. The predicted molar refractivity (Wildman–Crippen MR) is 76.5 cm³/mol. The Kier molecular flexibility index (Phi) is 4.64. The van der Waals surface area contributed by atoms with Crippen molar-refractivity contribution in [2.75, 3.05) is 18.5 Å². The van der Waals surface area contributed by atoms with Crippen LogP contribution in [0.5, 0.6) is 5.75 Å². The topological polar surface area (TPSA) is 54.4 Å². The largest absolute Gasteiger partial charge is 0.490 e. The van der Waals surface area contributed by atoms with E-state index in [0.717, 1.165) is 30.8 Å². The van der Waals surface area contributed by atoms with E-state index in [1.165, 1.54) is 6.42 Å². The van der Waals surface area contributed by atoms with E-state index in [0.29, 0.717) is 12.5 Å². The van der Waals surface area contributed by atoms with Crippen LogP contribution in [0.15, 0.2) is 18.3 Å². The van der Waals surface area contributed by atoms with Crippen LogP contribution in [0.25, 0.3) is 0 Å². The van der Waals surface area contributed by atoms with Gasteiger partial charge in [0.1, 0.15) is 0 Å². The van der Waals surface area contributed by atoms with E-state index in [-0.39, 0.29) is 12.1 Å². The third-order valence-corrected chi connectivity index (χ3v) is 3.85. The molecule has 2 atom stereocenters. The third-order valence-electron chi connectivity index (χ3n) is 3.85. The molecule has 0 amide bonds. The normalized spacial score (nSPS) is 27.0. The molecular formula is C15H24N2O2. The second-order valence-corrected chi connectivity index (χ2v) is 5.55. The molecular weight excluding hydrogens is 240 g/mol. The zero-order chi connectivity index (χ0) is 13.7. The van der Waals surface area contributed by atoms with Crippen molar-refractivity contribution in [3.8, 4) is 5.75 Å². The molecule has 4 nitrogen and oxygen atoms in total. The fraction of sp³-hybridized carbons (Fsp3) is 0.667. The van der Waals surface area contributed by atoms with E-state index in [1.54, 1.807) is 6.20 Å². The molecule has 106 valence electrons. The number of pyridine rings is 1. The quantitative estimate of drug-likeness (QED) is 0.858. The van der Waals surface area contributed by atoms with Gasteiger partial charge in [-0.25, -0.2) is 4.98 Å². The number of anilines is 1. The highest BCUT2D eigenvalue weighted by Crippen LogP contribution is 2.36. The maximum Gasteiger partial charge on any atom is 0.169 e. The van der Waals surface area contributed by atoms with Gasteiger partial charge in [0.25, 0.3) is 0 Å². The summed E-state index contributed by atoms with van der Waals surface area (Å²) < 4.78 is 5.59. The molecule has 0 bridgehead atoms. The first-order valence-corrected chi connectivity index (χ1v) is 7.16. The number of ether oxygens (including phenoxy) is 1. The summed E-state index contributed by atoms with van der Waals surface area (Å²) in [6.07, 6.45) is 6.10. The highest BCUT2D eigenvalue weighted by Gasteiger charge is 2.35. The van der Waals surface area contributed by atoms with E-state index in [4.69, 9.17) is 4.74 Å². The number of aliphatic hydroxyl groups excluding tert-OH is 1. The first-order valence-electron chi connectivity index (χ1n) is 7.16. The summed E-state index contributed by atoms with van der Waals surface area (Å²) in [6.45, 7) is 4.96. The summed E-state index contributed by atoms with van der Waals surface area (Å²) in [7, 11) is 0. The molecule has 1 aromatic heterocycles. The van der Waals surface area contributed by atoms with E-state index < -0.39 is 0 Å². The molecule has 1 heterocycles. The first-order chi connectivity index (χ1) is 9.19. The van der Waals surface area contributed by atoms with Crippen molar-refractivity contribution in [3.63, 3.8) is 0 Å². The van der Waals surface area contributed by atoms with E-state index in [2.05, 4.69) is 17.2 Å². The minimum Gasteiger partial charge on any atom is -0.490 e. The molecule has 0 radical (unpaired) electrons. The van der Waals surface area contributed by atoms with Crippen molar-refractivity contribution < 1.29 is 9.84 Å². The van der Waals surface area contributed by atoms with E-state index >= 15 is 0 Å². The Morgan fingerprint density at radius 2 is 2.42 bits per heavy atom. The minimum absolute atomic E-state index is 0.138. The van der Waals surface area contributed by atoms with Gasteiger partial charge in [0.05, 0.1) is 18.8 Å². The molecule has 2 N–H and O–H groups in total. The van der Waals surface area contributed by atoms with Crippen LogP contribution in [0.3, 0.4) is 0 Å². The molecule has 1 fully saturated rings. The van der Waals surface area contributed by atoms with Crippen LogP contribution in [0.4, 0.5) is 5.82 Å². The maximum absolute atomic E-state index is 9.81. The van der Waals surface area contributed by atoms with Crippen molar-refractivity contribution in [2.45, 2.75) is 45.1 Å². The highest BCUT2D eigenvalue weighted by atomic mass is 16.5. The number of nitrogens with one attached hydrogen (secondary N) is 1. The van der Waals surface area contributed by atoms with Crippen molar-refractivity contribution >= 4 is 5.82 Å². The van der Waals surface area contributed by atoms with Gasteiger partial charge in [-0.3, -0.25) is 0 Å². The molecule has 1 saturated carbocycles. The molecule has 4 heteroatoms. The zero-order valence-corrected chi connectivity index (χ0v) is 11.9. The predicted octanol–water partition coefficient (Wildman–Crippen LogP) is 2.83. The van der Waals surface area contributed by atoms with E-state index in [1.807, 2.05) is 19.1 Å². The molecule has 2 rings (SSSR count). The third kappa shape index (κ3) is 3.38. The van der Waals surface area contributed by atoms with Gasteiger partial charge in [-0.2, -0.15) is 0 Å². The summed E-state index contributed by atoms with van der Waals surface area (Å²) in [4.78, 5) is 4.36. The number of hydrogen-bond donors (Lipinski definition) is 2. The highest BCUT2D eigenvalue weighted by molar-refractivity contribution is 5.51. The molecule has 0 saturated heterocycles. The van der Waals surface area contributed by atoms with Crippen LogP contribution in [-0.4, -0.2) is 28.8 Å². The van der Waals surface area contributed by atoms with Crippen LogP contribution >= 0.6 is 0 Å². The van der Waals surface area contributed by atoms with Crippen LogP contribution < -0.4 is 10.1 Å². The Bertz CT molecular complexity index is 411. The Balaban J connectivity index is 2.18. The summed E-state index contributed by atoms with van der Waals surface area (Å²) >= 11 is 0. The lowest BCUT2D eigenvalue weighted by atomic mass is 9.77. The Labute approximate surface area is 115 Å². The summed E-state index contributed by atoms with van der Waals surface area (Å²) in [5.41, 5.74) is -0.252. The van der Waals surface area contributed by atoms with Gasteiger partial charge in [0.15, 0.2) is 11.6 Å². The molecule has 0 aromatic carbocycles.